The first kappa shape index (κ1) is 19.5. The van der Waals surface area contributed by atoms with Gasteiger partial charge in [0.05, 0.1) is 5.69 Å². The third-order valence-electron chi connectivity index (χ3n) is 3.57. The van der Waals surface area contributed by atoms with Crippen molar-refractivity contribution in [3.63, 3.8) is 0 Å². The first-order valence-corrected chi connectivity index (χ1v) is 10.8. The lowest BCUT2D eigenvalue weighted by molar-refractivity contribution is -0.114. The summed E-state index contributed by atoms with van der Waals surface area (Å²) in [5.74, 6) is -1.01. The Kier molecular flexibility index (Phi) is 5.93. The van der Waals surface area contributed by atoms with Gasteiger partial charge in [-0.05, 0) is 60.0 Å². The molecule has 0 aliphatic rings. The average Bonchev–Trinajstić information content (AvgIpc) is 3.18. The van der Waals surface area contributed by atoms with E-state index in [-0.39, 0.29) is 9.90 Å². The highest BCUT2D eigenvalue weighted by Crippen LogP contribution is 2.27. The maximum atomic E-state index is 13.3. The van der Waals surface area contributed by atoms with Gasteiger partial charge in [0.25, 0.3) is 10.0 Å². The molecular formula is C18H14BrFN2O3S2. The molecule has 2 aromatic carbocycles. The predicted octanol–water partition coefficient (Wildman–Crippen LogP) is 4.48. The third-order valence-corrected chi connectivity index (χ3v) is 7.24. The van der Waals surface area contributed by atoms with Crippen molar-refractivity contribution < 1.29 is 17.6 Å². The van der Waals surface area contributed by atoms with E-state index in [1.165, 1.54) is 18.2 Å². The minimum atomic E-state index is -3.96. The number of anilines is 2. The van der Waals surface area contributed by atoms with Crippen LogP contribution in [0.2, 0.25) is 0 Å². The van der Waals surface area contributed by atoms with E-state index in [4.69, 9.17) is 0 Å². The van der Waals surface area contributed by atoms with Crippen LogP contribution < -0.4 is 9.62 Å². The second-order valence-electron chi connectivity index (χ2n) is 5.48. The Morgan fingerprint density at radius 3 is 2.33 bits per heavy atom. The number of halogens is 2. The van der Waals surface area contributed by atoms with Crippen molar-refractivity contribution in [2.24, 2.45) is 0 Å². The van der Waals surface area contributed by atoms with Crippen molar-refractivity contribution in [1.29, 1.82) is 0 Å². The number of nitrogens with zero attached hydrogens (tertiary/aromatic N) is 1. The molecule has 0 aliphatic heterocycles. The van der Waals surface area contributed by atoms with Crippen molar-refractivity contribution >= 4 is 54.6 Å². The van der Waals surface area contributed by atoms with Crippen LogP contribution in [0.3, 0.4) is 0 Å². The maximum absolute atomic E-state index is 13.3. The fraction of sp³-hybridized carbons (Fsp3) is 0.0556. The number of hydrogen-bond acceptors (Lipinski definition) is 4. The van der Waals surface area contributed by atoms with Crippen LogP contribution in [0.1, 0.15) is 0 Å². The molecule has 1 N–H and O–H groups in total. The highest BCUT2D eigenvalue weighted by atomic mass is 79.9. The van der Waals surface area contributed by atoms with Crippen molar-refractivity contribution in [2.45, 2.75) is 4.21 Å². The topological polar surface area (TPSA) is 66.5 Å². The smallest absolute Gasteiger partial charge is 0.274 e. The SMILES string of the molecule is O=C(CN(c1ccc(F)cc1)S(=O)(=O)c1cccs1)Nc1ccc(Br)cc1. The van der Waals surface area contributed by atoms with Crippen LogP contribution in [0.25, 0.3) is 0 Å². The monoisotopic (exact) mass is 468 g/mol. The zero-order valence-corrected chi connectivity index (χ0v) is 17.0. The fourth-order valence-corrected chi connectivity index (χ4v) is 5.10. The number of amides is 1. The quantitative estimate of drug-likeness (QED) is 0.579. The summed E-state index contributed by atoms with van der Waals surface area (Å²) in [6, 6.07) is 14.9. The Morgan fingerprint density at radius 1 is 1.07 bits per heavy atom. The van der Waals surface area contributed by atoms with E-state index in [9.17, 15) is 17.6 Å². The van der Waals surface area contributed by atoms with E-state index >= 15 is 0 Å². The molecule has 0 radical (unpaired) electrons. The van der Waals surface area contributed by atoms with E-state index in [0.29, 0.717) is 5.69 Å². The standard InChI is InChI=1S/C18H14BrFN2O3S2/c19-13-3-7-15(8-4-13)21-17(23)12-22(16-9-5-14(20)6-10-16)27(24,25)18-2-1-11-26-18/h1-11H,12H2,(H,21,23). The lowest BCUT2D eigenvalue weighted by Gasteiger charge is -2.23. The molecule has 0 spiro atoms. The number of carbonyl (C=O) groups is 1. The number of hydrogen-bond donors (Lipinski definition) is 1. The molecule has 0 bridgehead atoms. The third kappa shape index (κ3) is 4.74. The second kappa shape index (κ2) is 8.20. The number of thiophene rings is 1. The molecule has 1 heterocycles. The average molecular weight is 469 g/mol. The second-order valence-corrected chi connectivity index (χ2v) is 9.43. The number of rotatable bonds is 6. The molecule has 0 saturated heterocycles. The molecule has 9 heteroatoms. The van der Waals surface area contributed by atoms with Crippen LogP contribution in [-0.2, 0) is 14.8 Å². The largest absolute Gasteiger partial charge is 0.325 e. The van der Waals surface area contributed by atoms with Crippen LogP contribution in [-0.4, -0.2) is 20.9 Å². The normalized spacial score (nSPS) is 11.2. The molecule has 1 amide bonds. The van der Waals surface area contributed by atoms with Crippen LogP contribution in [0, 0.1) is 5.82 Å². The van der Waals surface area contributed by atoms with Gasteiger partial charge < -0.3 is 5.32 Å². The number of nitrogens with one attached hydrogen (secondary N) is 1. The van der Waals surface area contributed by atoms with Crippen LogP contribution in [0.5, 0.6) is 0 Å². The molecule has 0 saturated carbocycles. The van der Waals surface area contributed by atoms with E-state index in [2.05, 4.69) is 21.2 Å². The number of carbonyl (C=O) groups excluding carboxylic acids is 1. The Balaban J connectivity index is 1.89. The molecule has 0 fully saturated rings. The zero-order chi connectivity index (χ0) is 19.4. The van der Waals surface area contributed by atoms with Gasteiger partial charge in [-0.25, -0.2) is 12.8 Å². The van der Waals surface area contributed by atoms with Crippen molar-refractivity contribution in [3.8, 4) is 0 Å². The van der Waals surface area contributed by atoms with Crippen LogP contribution in [0.15, 0.2) is 74.7 Å². The van der Waals surface area contributed by atoms with Crippen molar-refractivity contribution in [2.75, 3.05) is 16.2 Å². The molecule has 3 rings (SSSR count). The first-order chi connectivity index (χ1) is 12.9. The van der Waals surface area contributed by atoms with Gasteiger partial charge in [0.2, 0.25) is 5.91 Å². The molecule has 27 heavy (non-hydrogen) atoms. The highest BCUT2D eigenvalue weighted by molar-refractivity contribution is 9.10. The van der Waals surface area contributed by atoms with E-state index in [1.54, 1.807) is 35.7 Å². The van der Waals surface area contributed by atoms with Crippen LogP contribution in [0.4, 0.5) is 15.8 Å². The summed E-state index contributed by atoms with van der Waals surface area (Å²) in [7, 11) is -3.96. The maximum Gasteiger partial charge on any atom is 0.274 e. The lowest BCUT2D eigenvalue weighted by atomic mass is 10.3. The Hall–Kier alpha value is -2.23. The molecule has 0 atom stereocenters. The van der Waals surface area contributed by atoms with Crippen molar-refractivity contribution in [3.05, 3.63) is 76.3 Å². The predicted molar refractivity (Wildman–Crippen MR) is 108 cm³/mol. The summed E-state index contributed by atoms with van der Waals surface area (Å²) >= 11 is 4.35. The highest BCUT2D eigenvalue weighted by Gasteiger charge is 2.28. The summed E-state index contributed by atoms with van der Waals surface area (Å²) in [5, 5.41) is 4.30. The van der Waals surface area contributed by atoms with Gasteiger partial charge in [-0.3, -0.25) is 9.10 Å². The molecule has 0 aliphatic carbocycles. The van der Waals surface area contributed by atoms with Gasteiger partial charge >= 0.3 is 0 Å². The summed E-state index contributed by atoms with van der Waals surface area (Å²) in [6.45, 7) is -0.443. The van der Waals surface area contributed by atoms with Gasteiger partial charge in [-0.1, -0.05) is 22.0 Å². The Labute approximate surface area is 168 Å². The summed E-state index contributed by atoms with van der Waals surface area (Å²) in [4.78, 5) is 12.5. The van der Waals surface area contributed by atoms with Crippen LogP contribution >= 0.6 is 27.3 Å². The fourth-order valence-electron chi connectivity index (χ4n) is 2.31. The minimum Gasteiger partial charge on any atom is -0.325 e. The Morgan fingerprint density at radius 2 is 1.74 bits per heavy atom. The van der Waals surface area contributed by atoms with Gasteiger partial charge in [-0.15, -0.1) is 11.3 Å². The summed E-state index contributed by atoms with van der Waals surface area (Å²) in [6.07, 6.45) is 0. The zero-order valence-electron chi connectivity index (χ0n) is 13.8. The Bertz CT molecular complexity index is 1020. The van der Waals surface area contributed by atoms with Crippen molar-refractivity contribution in [1.82, 2.24) is 0 Å². The molecule has 1 aromatic heterocycles. The molecule has 3 aromatic rings. The number of benzene rings is 2. The molecular weight excluding hydrogens is 455 g/mol. The van der Waals surface area contributed by atoms with E-state index < -0.39 is 28.3 Å². The first-order valence-electron chi connectivity index (χ1n) is 7.73. The summed E-state index contributed by atoms with van der Waals surface area (Å²) in [5.41, 5.74) is 0.742. The minimum absolute atomic E-state index is 0.100. The van der Waals surface area contributed by atoms with E-state index in [0.717, 1.165) is 32.2 Å². The van der Waals surface area contributed by atoms with Gasteiger partial charge in [-0.2, -0.15) is 0 Å². The lowest BCUT2D eigenvalue weighted by Crippen LogP contribution is -2.37. The van der Waals surface area contributed by atoms with Gasteiger partial charge in [0, 0.05) is 10.2 Å². The van der Waals surface area contributed by atoms with E-state index in [1.807, 2.05) is 0 Å². The number of sulfonamides is 1. The van der Waals surface area contributed by atoms with Gasteiger partial charge in [0.15, 0.2) is 0 Å². The van der Waals surface area contributed by atoms with Gasteiger partial charge in [0.1, 0.15) is 16.6 Å². The summed E-state index contributed by atoms with van der Waals surface area (Å²) < 4.78 is 41.1. The molecule has 5 nitrogen and oxygen atoms in total. The molecule has 140 valence electrons. The molecule has 0 unspecified atom stereocenters.